The van der Waals surface area contributed by atoms with E-state index in [1.54, 1.807) is 18.5 Å². The minimum absolute atomic E-state index is 0.0187. The van der Waals surface area contributed by atoms with Crippen LogP contribution in [-0.2, 0) is 0 Å². The van der Waals surface area contributed by atoms with Gasteiger partial charge in [0.2, 0.25) is 0 Å². The van der Waals surface area contributed by atoms with Gasteiger partial charge in [0, 0.05) is 31.2 Å². The summed E-state index contributed by atoms with van der Waals surface area (Å²) in [7, 11) is 0. The van der Waals surface area contributed by atoms with E-state index in [1.807, 2.05) is 4.90 Å². The fourth-order valence-corrected chi connectivity index (χ4v) is 2.92. The van der Waals surface area contributed by atoms with Gasteiger partial charge in [0.25, 0.3) is 5.91 Å². The molecule has 2 N–H and O–H groups in total. The highest BCUT2D eigenvalue weighted by molar-refractivity contribution is 5.98. The van der Waals surface area contributed by atoms with Crippen molar-refractivity contribution in [2.75, 3.05) is 18.8 Å². The molecule has 1 saturated heterocycles. The number of aromatic nitrogens is 1. The lowest BCUT2D eigenvalue weighted by Crippen LogP contribution is -2.33. The van der Waals surface area contributed by atoms with Crippen molar-refractivity contribution in [3.63, 3.8) is 0 Å². The average Bonchev–Trinajstić information content (AvgIpc) is 2.63. The smallest absolute Gasteiger partial charge is 0.257 e. The van der Waals surface area contributed by atoms with Crippen molar-refractivity contribution in [1.82, 2.24) is 9.88 Å². The van der Waals surface area contributed by atoms with Crippen molar-refractivity contribution in [3.8, 4) is 0 Å². The fourth-order valence-electron chi connectivity index (χ4n) is 2.92. The van der Waals surface area contributed by atoms with Gasteiger partial charge in [0.05, 0.1) is 5.56 Å². The number of amides is 1. The molecular formula is C16H25N3O. The summed E-state index contributed by atoms with van der Waals surface area (Å²) in [5, 5.41) is 0. The number of hydrogen-bond donors (Lipinski definition) is 1. The highest BCUT2D eigenvalue weighted by atomic mass is 16.2. The molecule has 20 heavy (non-hydrogen) atoms. The number of nitrogens with zero attached hydrogens (tertiary/aromatic N) is 2. The highest BCUT2D eigenvalue weighted by Gasteiger charge is 2.29. The molecule has 1 aromatic rings. The molecule has 4 heteroatoms. The Labute approximate surface area is 121 Å². The Morgan fingerprint density at radius 3 is 2.75 bits per heavy atom. The molecule has 1 atom stereocenters. The van der Waals surface area contributed by atoms with Gasteiger partial charge in [-0.05, 0) is 36.7 Å². The predicted molar refractivity (Wildman–Crippen MR) is 81.3 cm³/mol. The van der Waals surface area contributed by atoms with Gasteiger partial charge in [-0.3, -0.25) is 9.78 Å². The molecule has 0 aliphatic carbocycles. The Balaban J connectivity index is 2.08. The molecule has 0 bridgehead atoms. The van der Waals surface area contributed by atoms with Gasteiger partial charge in [-0.15, -0.1) is 0 Å². The van der Waals surface area contributed by atoms with E-state index in [0.717, 1.165) is 25.9 Å². The maximum atomic E-state index is 12.5. The zero-order chi connectivity index (χ0) is 14.8. The zero-order valence-electron chi connectivity index (χ0n) is 12.7. The molecule has 1 fully saturated rings. The molecule has 0 aromatic carbocycles. The number of pyridine rings is 1. The van der Waals surface area contributed by atoms with Crippen molar-refractivity contribution < 1.29 is 4.79 Å². The summed E-state index contributed by atoms with van der Waals surface area (Å²) in [6, 6.07) is 1.68. The summed E-state index contributed by atoms with van der Waals surface area (Å²) in [6.07, 6.45) is 6.51. The second-order valence-electron chi connectivity index (χ2n) is 6.75. The normalized spacial score (nSPS) is 20.6. The number of nitrogen functional groups attached to an aromatic ring is 1. The lowest BCUT2D eigenvalue weighted by atomic mass is 9.77. The van der Waals surface area contributed by atoms with Gasteiger partial charge in [0.15, 0.2) is 0 Å². The van der Waals surface area contributed by atoms with Gasteiger partial charge >= 0.3 is 0 Å². The molecule has 0 radical (unpaired) electrons. The van der Waals surface area contributed by atoms with Crippen LogP contribution in [0.2, 0.25) is 0 Å². The van der Waals surface area contributed by atoms with Crippen molar-refractivity contribution in [1.29, 1.82) is 0 Å². The summed E-state index contributed by atoms with van der Waals surface area (Å²) in [5.41, 5.74) is 7.23. The molecule has 2 rings (SSSR count). The third-order valence-corrected chi connectivity index (χ3v) is 4.33. The Morgan fingerprint density at radius 2 is 2.10 bits per heavy atom. The van der Waals surface area contributed by atoms with Crippen LogP contribution in [0.1, 0.15) is 50.4 Å². The topological polar surface area (TPSA) is 59.2 Å². The third kappa shape index (κ3) is 3.30. The van der Waals surface area contributed by atoms with Crippen LogP contribution in [0.5, 0.6) is 0 Å². The molecule has 1 aliphatic rings. The standard InChI is InChI=1S/C16H25N3O/c1-16(2,3)12-5-4-9-19(10-7-12)15(20)13-11-18-8-6-14(13)17/h6,8,11-12H,4-5,7,9-10H2,1-3H3,(H2,17,18). The van der Waals surface area contributed by atoms with Crippen molar-refractivity contribution in [2.24, 2.45) is 11.3 Å². The lowest BCUT2D eigenvalue weighted by Gasteiger charge is -2.29. The minimum atomic E-state index is 0.0187. The molecule has 110 valence electrons. The lowest BCUT2D eigenvalue weighted by molar-refractivity contribution is 0.0756. The quantitative estimate of drug-likeness (QED) is 0.857. The van der Waals surface area contributed by atoms with E-state index in [4.69, 9.17) is 5.73 Å². The molecular weight excluding hydrogens is 250 g/mol. The van der Waals surface area contributed by atoms with E-state index < -0.39 is 0 Å². The van der Waals surface area contributed by atoms with E-state index in [1.165, 1.54) is 6.42 Å². The number of carbonyl (C=O) groups excluding carboxylic acids is 1. The number of likely N-dealkylation sites (tertiary alicyclic amines) is 1. The van der Waals surface area contributed by atoms with Crippen molar-refractivity contribution >= 4 is 11.6 Å². The largest absolute Gasteiger partial charge is 0.398 e. The van der Waals surface area contributed by atoms with Crippen molar-refractivity contribution in [2.45, 2.75) is 40.0 Å². The number of nitrogens with two attached hydrogens (primary N) is 1. The third-order valence-electron chi connectivity index (χ3n) is 4.33. The molecule has 4 nitrogen and oxygen atoms in total. The number of hydrogen-bond acceptors (Lipinski definition) is 3. The van der Waals surface area contributed by atoms with Crippen LogP contribution in [0.3, 0.4) is 0 Å². The van der Waals surface area contributed by atoms with E-state index >= 15 is 0 Å². The van der Waals surface area contributed by atoms with Gasteiger partial charge in [-0.25, -0.2) is 0 Å². The molecule has 1 aromatic heterocycles. The first kappa shape index (κ1) is 14.8. The van der Waals surface area contributed by atoms with Gasteiger partial charge < -0.3 is 10.6 Å². The average molecular weight is 275 g/mol. The van der Waals surface area contributed by atoms with Crippen LogP contribution in [0.25, 0.3) is 0 Å². The second-order valence-corrected chi connectivity index (χ2v) is 6.75. The van der Waals surface area contributed by atoms with Gasteiger partial charge in [-0.2, -0.15) is 0 Å². The van der Waals surface area contributed by atoms with Crippen LogP contribution >= 0.6 is 0 Å². The Hall–Kier alpha value is -1.58. The summed E-state index contributed by atoms with van der Waals surface area (Å²) in [4.78, 5) is 18.5. The molecule has 1 unspecified atom stereocenters. The van der Waals surface area contributed by atoms with Crippen LogP contribution in [-0.4, -0.2) is 28.9 Å². The summed E-state index contributed by atoms with van der Waals surface area (Å²) < 4.78 is 0. The Kier molecular flexibility index (Phi) is 4.31. The Bertz CT molecular complexity index is 479. The van der Waals surface area contributed by atoms with Crippen molar-refractivity contribution in [3.05, 3.63) is 24.0 Å². The molecule has 1 aliphatic heterocycles. The van der Waals surface area contributed by atoms with Crippen LogP contribution < -0.4 is 5.73 Å². The van der Waals surface area contributed by atoms with Crippen LogP contribution in [0.4, 0.5) is 5.69 Å². The van der Waals surface area contributed by atoms with E-state index in [-0.39, 0.29) is 5.91 Å². The Morgan fingerprint density at radius 1 is 1.35 bits per heavy atom. The maximum Gasteiger partial charge on any atom is 0.257 e. The molecule has 0 saturated carbocycles. The first-order chi connectivity index (χ1) is 9.39. The van der Waals surface area contributed by atoms with E-state index in [9.17, 15) is 4.79 Å². The number of carbonyl (C=O) groups is 1. The van der Waals surface area contributed by atoms with E-state index in [0.29, 0.717) is 22.6 Å². The molecule has 1 amide bonds. The monoisotopic (exact) mass is 275 g/mol. The minimum Gasteiger partial charge on any atom is -0.398 e. The van der Waals surface area contributed by atoms with Crippen LogP contribution in [0, 0.1) is 11.3 Å². The van der Waals surface area contributed by atoms with E-state index in [2.05, 4.69) is 25.8 Å². The summed E-state index contributed by atoms with van der Waals surface area (Å²) in [6.45, 7) is 8.49. The highest BCUT2D eigenvalue weighted by Crippen LogP contribution is 2.34. The summed E-state index contributed by atoms with van der Waals surface area (Å²) >= 11 is 0. The number of anilines is 1. The zero-order valence-corrected chi connectivity index (χ0v) is 12.7. The predicted octanol–water partition coefficient (Wildman–Crippen LogP) is 2.95. The first-order valence-corrected chi connectivity index (χ1v) is 7.38. The second kappa shape index (κ2) is 5.81. The fraction of sp³-hybridized carbons (Fsp3) is 0.625. The van der Waals surface area contributed by atoms with Gasteiger partial charge in [-0.1, -0.05) is 20.8 Å². The summed E-state index contributed by atoms with van der Waals surface area (Å²) in [5.74, 6) is 0.691. The SMILES string of the molecule is CC(C)(C)C1CCCN(C(=O)c2cnccc2N)CC1. The first-order valence-electron chi connectivity index (χ1n) is 7.38. The number of rotatable bonds is 1. The van der Waals surface area contributed by atoms with Crippen LogP contribution in [0.15, 0.2) is 18.5 Å². The maximum absolute atomic E-state index is 12.5. The molecule has 0 spiro atoms. The molecule has 2 heterocycles. The van der Waals surface area contributed by atoms with Gasteiger partial charge in [0.1, 0.15) is 0 Å².